The van der Waals surface area contributed by atoms with Gasteiger partial charge < -0.3 is 9.64 Å². The molecule has 2 heterocycles. The van der Waals surface area contributed by atoms with Crippen LogP contribution in [-0.2, 0) is 31.0 Å². The highest BCUT2D eigenvalue weighted by Gasteiger charge is 2.17. The van der Waals surface area contributed by atoms with Crippen molar-refractivity contribution in [1.82, 2.24) is 19.8 Å². The summed E-state index contributed by atoms with van der Waals surface area (Å²) >= 11 is 1.49. The zero-order valence-corrected chi connectivity index (χ0v) is 20.5. The highest BCUT2D eigenvalue weighted by Crippen LogP contribution is 2.14. The smallest absolute Gasteiger partial charge is 0.410 e. The highest BCUT2D eigenvalue weighted by atomic mass is 32.1. The first-order chi connectivity index (χ1) is 17.3. The molecule has 0 aliphatic heterocycles. The Bertz CT molecular complexity index is 1080. The highest BCUT2D eigenvalue weighted by molar-refractivity contribution is 7.09. The van der Waals surface area contributed by atoms with Crippen molar-refractivity contribution in [2.45, 2.75) is 32.7 Å². The molecule has 1 amide bonds. The number of carbonyl (C=O) groups is 1. The van der Waals surface area contributed by atoms with E-state index in [-0.39, 0.29) is 12.7 Å². The average Bonchev–Trinajstić information content (AvgIpc) is 3.42. The van der Waals surface area contributed by atoms with E-state index in [0.717, 1.165) is 36.5 Å². The lowest BCUT2D eigenvalue weighted by Crippen LogP contribution is -2.34. The average molecular weight is 487 g/mol. The second-order valence-electron chi connectivity index (χ2n) is 8.33. The van der Waals surface area contributed by atoms with Crippen LogP contribution in [0.25, 0.3) is 0 Å². The summed E-state index contributed by atoms with van der Waals surface area (Å²) in [4.78, 5) is 26.3. The quantitative estimate of drug-likeness (QED) is 0.254. The number of hydrogen-bond acceptors (Lipinski definition) is 6. The summed E-state index contributed by atoms with van der Waals surface area (Å²) in [6, 6.07) is 24.6. The van der Waals surface area contributed by atoms with Crippen LogP contribution in [0.2, 0.25) is 0 Å². The second-order valence-corrected chi connectivity index (χ2v) is 9.31. The van der Waals surface area contributed by atoms with Crippen LogP contribution in [-0.4, -0.2) is 39.0 Å². The van der Waals surface area contributed by atoms with Crippen molar-refractivity contribution in [2.75, 3.05) is 13.1 Å². The van der Waals surface area contributed by atoms with Gasteiger partial charge in [-0.1, -0.05) is 60.7 Å². The number of carbonyl (C=O) groups excluding carboxylic acids is 1. The minimum atomic E-state index is -0.300. The van der Waals surface area contributed by atoms with Crippen molar-refractivity contribution in [3.63, 3.8) is 0 Å². The van der Waals surface area contributed by atoms with Crippen molar-refractivity contribution in [3.05, 3.63) is 118 Å². The molecular formula is C28H30N4O2S. The Balaban J connectivity index is 1.38. The predicted molar refractivity (Wildman–Crippen MR) is 139 cm³/mol. The lowest BCUT2D eigenvalue weighted by atomic mass is 10.1. The van der Waals surface area contributed by atoms with Crippen LogP contribution < -0.4 is 0 Å². The van der Waals surface area contributed by atoms with Crippen molar-refractivity contribution in [1.29, 1.82) is 0 Å². The van der Waals surface area contributed by atoms with E-state index in [2.05, 4.69) is 51.3 Å². The standard InChI is InChI=1S/C28H30N4O2S/c33-28(34-22-27-18-30-23-35-27)32(21-25-10-5-2-6-11-25)17-7-16-31(19-24-8-3-1-4-9-24)20-26-12-14-29-15-13-26/h1-6,8-15,18,23H,7,16-17,19-22H2. The van der Waals surface area contributed by atoms with E-state index >= 15 is 0 Å². The summed E-state index contributed by atoms with van der Waals surface area (Å²) < 4.78 is 5.61. The zero-order chi connectivity index (χ0) is 24.1. The maximum Gasteiger partial charge on any atom is 0.410 e. The Morgan fingerprint density at radius 1 is 0.771 bits per heavy atom. The molecule has 0 saturated heterocycles. The third-order valence-corrected chi connectivity index (χ3v) is 6.36. The van der Waals surface area contributed by atoms with E-state index in [0.29, 0.717) is 13.1 Å². The van der Waals surface area contributed by atoms with Gasteiger partial charge in [0.1, 0.15) is 6.61 Å². The van der Waals surface area contributed by atoms with Gasteiger partial charge in [-0.15, -0.1) is 11.3 Å². The van der Waals surface area contributed by atoms with Crippen molar-refractivity contribution in [2.24, 2.45) is 0 Å². The summed E-state index contributed by atoms with van der Waals surface area (Å²) in [5.41, 5.74) is 5.32. The van der Waals surface area contributed by atoms with E-state index in [1.165, 1.54) is 22.5 Å². The number of aromatic nitrogens is 2. The van der Waals surface area contributed by atoms with E-state index in [1.807, 2.05) is 48.8 Å². The van der Waals surface area contributed by atoms with Crippen LogP contribution in [0.3, 0.4) is 0 Å². The Kier molecular flexibility index (Phi) is 9.38. The fourth-order valence-electron chi connectivity index (χ4n) is 3.86. The van der Waals surface area contributed by atoms with Gasteiger partial charge in [0.2, 0.25) is 0 Å². The molecule has 2 aromatic carbocycles. The van der Waals surface area contributed by atoms with Gasteiger partial charge in [-0.05, 0) is 35.2 Å². The molecule has 180 valence electrons. The lowest BCUT2D eigenvalue weighted by molar-refractivity contribution is 0.0921. The normalized spacial score (nSPS) is 10.9. The maximum absolute atomic E-state index is 13.0. The molecule has 2 aromatic heterocycles. The van der Waals surface area contributed by atoms with Crippen LogP contribution in [0.1, 0.15) is 28.0 Å². The second kappa shape index (κ2) is 13.4. The van der Waals surface area contributed by atoms with Gasteiger partial charge in [0.15, 0.2) is 0 Å². The van der Waals surface area contributed by atoms with E-state index < -0.39 is 0 Å². The third-order valence-electron chi connectivity index (χ3n) is 5.60. The molecule has 0 saturated carbocycles. The monoisotopic (exact) mass is 486 g/mol. The molecule has 7 heteroatoms. The van der Waals surface area contributed by atoms with Gasteiger partial charge in [0, 0.05) is 51.3 Å². The number of amides is 1. The Hall–Kier alpha value is -3.55. The van der Waals surface area contributed by atoms with Gasteiger partial charge in [0.05, 0.1) is 10.4 Å². The minimum Gasteiger partial charge on any atom is -0.444 e. The molecule has 0 fully saturated rings. The molecule has 0 atom stereocenters. The minimum absolute atomic E-state index is 0.247. The van der Waals surface area contributed by atoms with Crippen LogP contribution in [0.5, 0.6) is 0 Å². The number of thiazole rings is 1. The Labute approximate surface area is 210 Å². The number of pyridine rings is 1. The van der Waals surface area contributed by atoms with Crippen LogP contribution in [0, 0.1) is 0 Å². The Morgan fingerprint density at radius 3 is 2.03 bits per heavy atom. The molecule has 0 unspecified atom stereocenters. The Morgan fingerprint density at radius 2 is 1.40 bits per heavy atom. The number of rotatable bonds is 12. The van der Waals surface area contributed by atoms with E-state index in [9.17, 15) is 4.79 Å². The van der Waals surface area contributed by atoms with E-state index in [4.69, 9.17) is 4.74 Å². The van der Waals surface area contributed by atoms with Gasteiger partial charge in [0.25, 0.3) is 0 Å². The van der Waals surface area contributed by atoms with Gasteiger partial charge >= 0.3 is 6.09 Å². The fourth-order valence-corrected chi connectivity index (χ4v) is 4.37. The topological polar surface area (TPSA) is 58.6 Å². The fraction of sp³-hybridized carbons (Fsp3) is 0.250. The van der Waals surface area contributed by atoms with E-state index in [1.54, 1.807) is 16.6 Å². The molecular weight excluding hydrogens is 456 g/mol. The third kappa shape index (κ3) is 8.31. The molecule has 0 radical (unpaired) electrons. The van der Waals surface area contributed by atoms with Crippen molar-refractivity contribution < 1.29 is 9.53 Å². The summed E-state index contributed by atoms with van der Waals surface area (Å²) in [6.07, 6.45) is 5.93. The first-order valence-electron chi connectivity index (χ1n) is 11.7. The predicted octanol–water partition coefficient (Wildman–Crippen LogP) is 5.77. The summed E-state index contributed by atoms with van der Waals surface area (Å²) in [5.74, 6) is 0. The molecule has 0 aliphatic rings. The molecule has 0 bridgehead atoms. The molecule has 0 N–H and O–H groups in total. The molecule has 35 heavy (non-hydrogen) atoms. The van der Waals surface area contributed by atoms with Crippen LogP contribution >= 0.6 is 11.3 Å². The number of nitrogens with zero attached hydrogens (tertiary/aromatic N) is 4. The van der Waals surface area contributed by atoms with Crippen molar-refractivity contribution in [3.8, 4) is 0 Å². The van der Waals surface area contributed by atoms with Crippen LogP contribution in [0.4, 0.5) is 4.79 Å². The number of benzene rings is 2. The molecule has 4 rings (SSSR count). The largest absolute Gasteiger partial charge is 0.444 e. The molecule has 0 aliphatic carbocycles. The first kappa shape index (κ1) is 24.6. The SMILES string of the molecule is O=C(OCc1cncs1)N(CCCN(Cc1ccccc1)Cc1ccncc1)Cc1ccccc1. The van der Waals surface area contributed by atoms with Gasteiger partial charge in [-0.2, -0.15) is 0 Å². The molecule has 6 nitrogen and oxygen atoms in total. The zero-order valence-electron chi connectivity index (χ0n) is 19.7. The summed E-state index contributed by atoms with van der Waals surface area (Å²) in [5, 5.41) is 0. The molecule has 0 spiro atoms. The number of ether oxygens (including phenoxy) is 1. The van der Waals surface area contributed by atoms with Gasteiger partial charge in [-0.3, -0.25) is 14.9 Å². The summed E-state index contributed by atoms with van der Waals surface area (Å²) in [7, 11) is 0. The molecule has 4 aromatic rings. The number of hydrogen-bond donors (Lipinski definition) is 0. The maximum atomic E-state index is 13.0. The first-order valence-corrected chi connectivity index (χ1v) is 12.6. The van der Waals surface area contributed by atoms with Gasteiger partial charge in [-0.25, -0.2) is 4.79 Å². The lowest BCUT2D eigenvalue weighted by Gasteiger charge is -2.26. The summed E-state index contributed by atoms with van der Waals surface area (Å²) in [6.45, 7) is 3.90. The van der Waals surface area contributed by atoms with Crippen molar-refractivity contribution >= 4 is 17.4 Å². The van der Waals surface area contributed by atoms with Crippen LogP contribution in [0.15, 0.2) is 96.9 Å².